The molecule has 3 saturated carbocycles. The molecule has 0 aromatic rings. The normalized spacial score (nSPS) is 46.7. The quantitative estimate of drug-likeness (QED) is 0.449. The Labute approximate surface area is 209 Å². The van der Waals surface area contributed by atoms with Crippen LogP contribution in [0.25, 0.3) is 0 Å². The number of hydrogen-bond acceptors (Lipinski definition) is 7. The van der Waals surface area contributed by atoms with Crippen LogP contribution >= 0.6 is 0 Å². The van der Waals surface area contributed by atoms with Gasteiger partial charge in [-0.15, -0.1) is 0 Å². The third kappa shape index (κ3) is 4.69. The van der Waals surface area contributed by atoms with Crippen LogP contribution in [-0.2, 0) is 28.5 Å². The van der Waals surface area contributed by atoms with Gasteiger partial charge in [0.05, 0.1) is 11.7 Å². The fourth-order valence-corrected chi connectivity index (χ4v) is 7.55. The Morgan fingerprint density at radius 3 is 2.31 bits per heavy atom. The predicted molar refractivity (Wildman–Crippen MR) is 130 cm³/mol. The summed E-state index contributed by atoms with van der Waals surface area (Å²) in [5.41, 5.74) is 0.334. The summed E-state index contributed by atoms with van der Waals surface area (Å²) in [6.45, 7) is 15.8. The molecular weight excluding hydrogens is 448 g/mol. The molecule has 4 fully saturated rings. The molecule has 4 rings (SSSR count). The van der Waals surface area contributed by atoms with Crippen LogP contribution in [0.5, 0.6) is 0 Å². The number of esters is 2. The molecule has 0 aromatic heterocycles. The van der Waals surface area contributed by atoms with Gasteiger partial charge in [-0.2, -0.15) is 0 Å². The van der Waals surface area contributed by atoms with Crippen LogP contribution in [-0.4, -0.2) is 53.4 Å². The first kappa shape index (κ1) is 26.6. The van der Waals surface area contributed by atoms with Gasteiger partial charge >= 0.3 is 11.9 Å². The van der Waals surface area contributed by atoms with Crippen molar-refractivity contribution in [2.75, 3.05) is 0 Å². The van der Waals surface area contributed by atoms with Crippen LogP contribution in [0.4, 0.5) is 0 Å². The first-order valence-electron chi connectivity index (χ1n) is 13.3. The highest BCUT2D eigenvalue weighted by Crippen LogP contribution is 2.71. The summed E-state index contributed by atoms with van der Waals surface area (Å²) in [5, 5.41) is 10.9. The Morgan fingerprint density at radius 1 is 1.00 bits per heavy atom. The van der Waals surface area contributed by atoms with Crippen molar-refractivity contribution < 1.29 is 33.6 Å². The van der Waals surface area contributed by atoms with Gasteiger partial charge in [-0.1, -0.05) is 33.3 Å². The largest absolute Gasteiger partial charge is 0.453 e. The van der Waals surface area contributed by atoms with E-state index in [1.165, 1.54) is 13.3 Å². The van der Waals surface area contributed by atoms with Crippen molar-refractivity contribution in [2.24, 2.45) is 35.0 Å². The minimum Gasteiger partial charge on any atom is -0.453 e. The van der Waals surface area contributed by atoms with Crippen molar-refractivity contribution in [3.63, 3.8) is 0 Å². The van der Waals surface area contributed by atoms with Gasteiger partial charge in [-0.3, -0.25) is 4.79 Å². The lowest BCUT2D eigenvalue weighted by atomic mass is 9.74. The Morgan fingerprint density at radius 2 is 1.69 bits per heavy atom. The maximum absolute atomic E-state index is 12.6. The molecule has 1 aliphatic heterocycles. The average Bonchev–Trinajstić information content (AvgIpc) is 3.16. The number of carbonyl (C=O) groups is 2. The third-order valence-corrected chi connectivity index (χ3v) is 9.79. The molecule has 0 unspecified atom stereocenters. The van der Waals surface area contributed by atoms with Crippen molar-refractivity contribution in [3.8, 4) is 0 Å². The Kier molecular flexibility index (Phi) is 7.19. The standard InChI is InChI=1S/C28H44O7/c1-9-14(2)25(31)34-23-22(30)16(4)32-26(24(23)33-17(5)29)35-28(8)13-12-19-21(27(19,6)7)20-15(3)10-11-18(20)28/h9,15-16,18-24,26,30H,10-13H2,1-8H3/b14-9+/t15-,16+,18+,19-,20-,21+,22-,23-,24+,26-,28+/m0/s1. The molecule has 198 valence electrons. The minimum absolute atomic E-state index is 0.379. The van der Waals surface area contributed by atoms with Crippen LogP contribution in [0.2, 0.25) is 0 Å². The molecule has 0 radical (unpaired) electrons. The summed E-state index contributed by atoms with van der Waals surface area (Å²) in [5.74, 6) is 1.93. The third-order valence-electron chi connectivity index (χ3n) is 9.79. The van der Waals surface area contributed by atoms with Crippen LogP contribution < -0.4 is 0 Å². The SMILES string of the molecule is C/C=C(\C)C(=O)O[C@H]1[C@@H](O)[C@@H](C)O[C@@H](O[C@]2(C)CC[C@H]3[C@H]([C@@H]4[C@H]2CC[C@@H]4C)C3(C)C)[C@@H]1OC(C)=O. The van der Waals surface area contributed by atoms with E-state index in [0.717, 1.165) is 19.3 Å². The van der Waals surface area contributed by atoms with Crippen molar-refractivity contribution in [2.45, 2.75) is 117 Å². The van der Waals surface area contributed by atoms with Gasteiger partial charge in [0.25, 0.3) is 0 Å². The van der Waals surface area contributed by atoms with Crippen molar-refractivity contribution in [1.29, 1.82) is 0 Å². The molecule has 4 aliphatic rings. The average molecular weight is 493 g/mol. The topological polar surface area (TPSA) is 91.3 Å². The first-order valence-corrected chi connectivity index (χ1v) is 13.3. The van der Waals surface area contributed by atoms with Gasteiger partial charge in [0, 0.05) is 12.5 Å². The summed E-state index contributed by atoms with van der Waals surface area (Å²) in [7, 11) is 0. The van der Waals surface area contributed by atoms with E-state index in [0.29, 0.717) is 40.6 Å². The molecule has 0 bridgehead atoms. The smallest absolute Gasteiger partial charge is 0.333 e. The minimum atomic E-state index is -1.15. The van der Waals surface area contributed by atoms with Crippen molar-refractivity contribution in [3.05, 3.63) is 11.6 Å². The van der Waals surface area contributed by atoms with Gasteiger partial charge in [0.2, 0.25) is 0 Å². The lowest BCUT2D eigenvalue weighted by Crippen LogP contribution is -2.62. The zero-order valence-electron chi connectivity index (χ0n) is 22.6. The van der Waals surface area contributed by atoms with E-state index < -0.39 is 48.2 Å². The van der Waals surface area contributed by atoms with Crippen LogP contribution in [0, 0.1) is 35.0 Å². The second-order valence-corrected chi connectivity index (χ2v) is 12.3. The summed E-state index contributed by atoms with van der Waals surface area (Å²) in [4.78, 5) is 24.7. The van der Waals surface area contributed by atoms with E-state index in [4.69, 9.17) is 18.9 Å². The van der Waals surface area contributed by atoms with Crippen LogP contribution in [0.1, 0.15) is 81.1 Å². The van der Waals surface area contributed by atoms with E-state index >= 15 is 0 Å². The molecule has 0 amide bonds. The summed E-state index contributed by atoms with van der Waals surface area (Å²) in [6.07, 6.45) is 1.03. The maximum Gasteiger partial charge on any atom is 0.333 e. The molecule has 0 spiro atoms. The lowest BCUT2D eigenvalue weighted by Gasteiger charge is -2.47. The number of allylic oxidation sites excluding steroid dienone is 1. The number of rotatable bonds is 5. The summed E-state index contributed by atoms with van der Waals surface area (Å²) in [6, 6.07) is 0. The molecule has 1 saturated heterocycles. The molecule has 1 heterocycles. The molecule has 7 nitrogen and oxygen atoms in total. The predicted octanol–water partition coefficient (Wildman–Crippen LogP) is 4.41. The fraction of sp³-hybridized carbons (Fsp3) is 0.857. The highest BCUT2D eigenvalue weighted by atomic mass is 16.7. The molecular formula is C28H44O7. The van der Waals surface area contributed by atoms with E-state index in [9.17, 15) is 14.7 Å². The monoisotopic (exact) mass is 492 g/mol. The van der Waals surface area contributed by atoms with Crippen molar-refractivity contribution in [1.82, 2.24) is 0 Å². The first-order chi connectivity index (χ1) is 16.3. The number of aliphatic hydroxyl groups excluding tert-OH is 1. The molecule has 1 N–H and O–H groups in total. The van der Waals surface area contributed by atoms with E-state index in [1.54, 1.807) is 26.8 Å². The Hall–Kier alpha value is -1.44. The zero-order valence-corrected chi connectivity index (χ0v) is 22.6. The van der Waals surface area contributed by atoms with Gasteiger partial charge in [0.15, 0.2) is 18.5 Å². The van der Waals surface area contributed by atoms with E-state index in [1.807, 2.05) is 0 Å². The van der Waals surface area contributed by atoms with E-state index in [-0.39, 0.29) is 0 Å². The van der Waals surface area contributed by atoms with Gasteiger partial charge in [-0.05, 0) is 82.0 Å². The summed E-state index contributed by atoms with van der Waals surface area (Å²) >= 11 is 0. The Balaban J connectivity index is 1.62. The van der Waals surface area contributed by atoms with E-state index in [2.05, 4.69) is 27.7 Å². The van der Waals surface area contributed by atoms with Crippen LogP contribution in [0.3, 0.4) is 0 Å². The molecule has 0 aromatic carbocycles. The second-order valence-electron chi connectivity index (χ2n) is 12.3. The zero-order chi connectivity index (χ0) is 25.9. The number of hydrogen-bond donors (Lipinski definition) is 1. The molecule has 7 heteroatoms. The van der Waals surface area contributed by atoms with Gasteiger partial charge in [-0.25, -0.2) is 4.79 Å². The van der Waals surface area contributed by atoms with Crippen molar-refractivity contribution >= 4 is 11.9 Å². The molecule has 35 heavy (non-hydrogen) atoms. The van der Waals surface area contributed by atoms with Crippen LogP contribution in [0.15, 0.2) is 11.6 Å². The number of fused-ring (bicyclic) bond motifs is 3. The highest BCUT2D eigenvalue weighted by molar-refractivity contribution is 5.87. The molecule has 3 aliphatic carbocycles. The lowest BCUT2D eigenvalue weighted by molar-refractivity contribution is -0.329. The number of aliphatic hydroxyl groups is 1. The summed E-state index contributed by atoms with van der Waals surface area (Å²) < 4.78 is 24.2. The van der Waals surface area contributed by atoms with Gasteiger partial charge in [0.1, 0.15) is 6.10 Å². The highest BCUT2D eigenvalue weighted by Gasteiger charge is 2.67. The fourth-order valence-electron chi connectivity index (χ4n) is 7.55. The second kappa shape index (κ2) is 9.46. The van der Waals surface area contributed by atoms with Gasteiger partial charge < -0.3 is 24.1 Å². The Bertz CT molecular complexity index is 865. The maximum atomic E-state index is 12.6. The number of ether oxygens (including phenoxy) is 4. The number of carbonyl (C=O) groups excluding carboxylic acids is 2. The molecule has 11 atom stereocenters.